The number of carbonyl (C=O) groups excluding carboxylic acids is 2. The average Bonchev–Trinajstić information content (AvgIpc) is 3.18. The van der Waals surface area contributed by atoms with Crippen LogP contribution in [-0.2, 0) is 9.59 Å². The quantitative estimate of drug-likeness (QED) is 0.752. The van der Waals surface area contributed by atoms with Gasteiger partial charge >= 0.3 is 5.97 Å². The maximum atomic E-state index is 12.2. The van der Waals surface area contributed by atoms with Gasteiger partial charge in [-0.1, -0.05) is 6.08 Å². The van der Waals surface area contributed by atoms with Crippen molar-refractivity contribution in [3.05, 3.63) is 29.7 Å². The highest BCUT2D eigenvalue weighted by molar-refractivity contribution is 7.18. The Bertz CT molecular complexity index is 577. The first-order valence-electron chi connectivity index (χ1n) is 6.54. The number of thiophene rings is 1. The second-order valence-corrected chi connectivity index (χ2v) is 5.88. The van der Waals surface area contributed by atoms with Gasteiger partial charge in [0.2, 0.25) is 5.91 Å². The van der Waals surface area contributed by atoms with E-state index in [0.717, 1.165) is 24.2 Å². The first-order chi connectivity index (χ1) is 10.0. The van der Waals surface area contributed by atoms with Crippen LogP contribution in [0.15, 0.2) is 24.8 Å². The topological polar surface area (TPSA) is 86.7 Å². The molecule has 6 nitrogen and oxygen atoms in total. The average molecular weight is 308 g/mol. The Morgan fingerprint density at radius 2 is 2.14 bits per heavy atom. The van der Waals surface area contributed by atoms with Crippen molar-refractivity contribution in [2.75, 3.05) is 18.4 Å². The van der Waals surface area contributed by atoms with E-state index in [1.54, 1.807) is 12.1 Å². The van der Waals surface area contributed by atoms with Crippen molar-refractivity contribution >= 4 is 34.1 Å². The van der Waals surface area contributed by atoms with E-state index in [9.17, 15) is 14.4 Å². The van der Waals surface area contributed by atoms with Gasteiger partial charge in [0.25, 0.3) is 5.91 Å². The van der Waals surface area contributed by atoms with E-state index in [1.807, 2.05) is 0 Å². The molecule has 1 aliphatic rings. The van der Waals surface area contributed by atoms with E-state index in [0.29, 0.717) is 9.88 Å². The van der Waals surface area contributed by atoms with Gasteiger partial charge < -0.3 is 15.3 Å². The minimum absolute atomic E-state index is 0.0238. The van der Waals surface area contributed by atoms with E-state index in [-0.39, 0.29) is 30.8 Å². The normalized spacial score (nSPS) is 13.5. The summed E-state index contributed by atoms with van der Waals surface area (Å²) in [6.07, 6.45) is 3.30. The molecule has 1 fully saturated rings. The zero-order chi connectivity index (χ0) is 15.4. The molecule has 112 valence electrons. The lowest BCUT2D eigenvalue weighted by Gasteiger charge is -2.17. The van der Waals surface area contributed by atoms with E-state index in [4.69, 9.17) is 5.11 Å². The van der Waals surface area contributed by atoms with Gasteiger partial charge in [0.1, 0.15) is 6.54 Å². The van der Waals surface area contributed by atoms with Gasteiger partial charge in [0, 0.05) is 12.5 Å². The Hall–Kier alpha value is -2.15. The van der Waals surface area contributed by atoms with E-state index < -0.39 is 5.97 Å². The van der Waals surface area contributed by atoms with Crippen molar-refractivity contribution in [2.24, 2.45) is 5.92 Å². The molecular formula is C14H16N2O4S. The molecule has 2 N–H and O–H groups in total. The first kappa shape index (κ1) is 15.2. The lowest BCUT2D eigenvalue weighted by atomic mass is 10.3. The second-order valence-electron chi connectivity index (χ2n) is 4.80. The molecule has 1 heterocycles. The number of amides is 2. The van der Waals surface area contributed by atoms with Gasteiger partial charge in [-0.3, -0.25) is 14.4 Å². The largest absolute Gasteiger partial charge is 0.480 e. The molecule has 1 saturated carbocycles. The molecule has 0 atom stereocenters. The molecule has 1 aromatic rings. The zero-order valence-corrected chi connectivity index (χ0v) is 12.2. The minimum Gasteiger partial charge on any atom is -0.480 e. The molecular weight excluding hydrogens is 292 g/mol. The van der Waals surface area contributed by atoms with Crippen molar-refractivity contribution in [1.82, 2.24) is 4.90 Å². The number of aliphatic carboxylic acids is 1. The molecule has 0 radical (unpaired) electrons. The highest BCUT2D eigenvalue weighted by atomic mass is 32.1. The molecule has 0 saturated heterocycles. The van der Waals surface area contributed by atoms with Crippen LogP contribution < -0.4 is 5.32 Å². The molecule has 0 unspecified atom stereocenters. The summed E-state index contributed by atoms with van der Waals surface area (Å²) in [6.45, 7) is 3.29. The second kappa shape index (κ2) is 6.53. The minimum atomic E-state index is -1.08. The van der Waals surface area contributed by atoms with Gasteiger partial charge in [-0.2, -0.15) is 0 Å². The summed E-state index contributed by atoms with van der Waals surface area (Å²) in [5, 5.41) is 12.2. The predicted molar refractivity (Wildman–Crippen MR) is 79.4 cm³/mol. The van der Waals surface area contributed by atoms with Crippen LogP contribution >= 0.6 is 11.3 Å². The smallest absolute Gasteiger partial charge is 0.323 e. The van der Waals surface area contributed by atoms with Gasteiger partial charge in [-0.25, -0.2) is 0 Å². The molecule has 0 aliphatic heterocycles. The molecule has 2 amide bonds. The van der Waals surface area contributed by atoms with Crippen LogP contribution in [0.2, 0.25) is 0 Å². The zero-order valence-electron chi connectivity index (χ0n) is 11.4. The highest BCUT2D eigenvalue weighted by Crippen LogP contribution is 2.31. The number of carboxylic acid groups (broad SMARTS) is 1. The fourth-order valence-electron chi connectivity index (χ4n) is 1.78. The van der Waals surface area contributed by atoms with Gasteiger partial charge in [-0.05, 0) is 25.0 Å². The Morgan fingerprint density at radius 1 is 1.43 bits per heavy atom. The third-order valence-electron chi connectivity index (χ3n) is 2.97. The van der Waals surface area contributed by atoms with Crippen LogP contribution in [0, 0.1) is 5.92 Å². The molecule has 0 aromatic carbocycles. The van der Waals surface area contributed by atoms with Crippen molar-refractivity contribution in [1.29, 1.82) is 0 Å². The monoisotopic (exact) mass is 308 g/mol. The first-order valence-corrected chi connectivity index (χ1v) is 7.35. The van der Waals surface area contributed by atoms with Crippen LogP contribution in [0.3, 0.4) is 0 Å². The van der Waals surface area contributed by atoms with Crippen LogP contribution in [0.4, 0.5) is 5.00 Å². The van der Waals surface area contributed by atoms with Crippen molar-refractivity contribution < 1.29 is 19.5 Å². The van der Waals surface area contributed by atoms with Crippen LogP contribution in [0.25, 0.3) is 0 Å². The summed E-state index contributed by atoms with van der Waals surface area (Å²) in [7, 11) is 0. The SMILES string of the molecule is C=CCN(CC(=O)O)C(=O)c1ccc(NC(=O)C2CC2)s1. The number of hydrogen-bond donors (Lipinski definition) is 2. The highest BCUT2D eigenvalue weighted by Gasteiger charge is 2.30. The lowest BCUT2D eigenvalue weighted by Crippen LogP contribution is -2.35. The number of rotatable bonds is 7. The molecule has 2 rings (SSSR count). The molecule has 21 heavy (non-hydrogen) atoms. The van der Waals surface area contributed by atoms with Gasteiger partial charge in [-0.15, -0.1) is 17.9 Å². The summed E-state index contributed by atoms with van der Waals surface area (Å²) < 4.78 is 0. The van der Waals surface area contributed by atoms with Crippen molar-refractivity contribution in [3.63, 3.8) is 0 Å². The number of nitrogens with one attached hydrogen (secondary N) is 1. The van der Waals surface area contributed by atoms with Crippen molar-refractivity contribution in [3.8, 4) is 0 Å². The molecule has 1 aliphatic carbocycles. The molecule has 0 spiro atoms. The van der Waals surface area contributed by atoms with Crippen LogP contribution in [-0.4, -0.2) is 40.9 Å². The summed E-state index contributed by atoms with van der Waals surface area (Å²) in [5.74, 6) is -1.39. The number of hydrogen-bond acceptors (Lipinski definition) is 4. The maximum absolute atomic E-state index is 12.2. The third-order valence-corrected chi connectivity index (χ3v) is 3.96. The van der Waals surface area contributed by atoms with Gasteiger partial charge in [0.15, 0.2) is 0 Å². The Labute approximate surface area is 126 Å². The molecule has 7 heteroatoms. The molecule has 0 bridgehead atoms. The maximum Gasteiger partial charge on any atom is 0.323 e. The standard InChI is InChI=1S/C14H16N2O4S/c1-2-7-16(8-12(17)18)14(20)10-5-6-11(21-10)15-13(19)9-3-4-9/h2,5-6,9H,1,3-4,7-8H2,(H,15,19)(H,17,18). The number of anilines is 1. The summed E-state index contributed by atoms with van der Waals surface area (Å²) in [4.78, 5) is 36.2. The Morgan fingerprint density at radius 3 is 2.71 bits per heavy atom. The van der Waals surface area contributed by atoms with E-state index in [1.165, 1.54) is 11.0 Å². The summed E-state index contributed by atoms with van der Waals surface area (Å²) >= 11 is 1.15. The molecule has 1 aromatic heterocycles. The summed E-state index contributed by atoms with van der Waals surface area (Å²) in [6, 6.07) is 3.25. The third kappa shape index (κ3) is 4.16. The van der Waals surface area contributed by atoms with E-state index in [2.05, 4.69) is 11.9 Å². The summed E-state index contributed by atoms with van der Waals surface area (Å²) in [5.41, 5.74) is 0. The fourth-order valence-corrected chi connectivity index (χ4v) is 2.66. The fraction of sp³-hybridized carbons (Fsp3) is 0.357. The van der Waals surface area contributed by atoms with Crippen LogP contribution in [0.5, 0.6) is 0 Å². The predicted octanol–water partition coefficient (Wildman–Crippen LogP) is 1.81. The number of carbonyl (C=O) groups is 3. The van der Waals surface area contributed by atoms with E-state index >= 15 is 0 Å². The Balaban J connectivity index is 2.03. The number of nitrogens with zero attached hydrogens (tertiary/aromatic N) is 1. The lowest BCUT2D eigenvalue weighted by molar-refractivity contribution is -0.137. The van der Waals surface area contributed by atoms with Crippen molar-refractivity contribution in [2.45, 2.75) is 12.8 Å². The number of carboxylic acids is 1. The Kier molecular flexibility index (Phi) is 4.74. The van der Waals surface area contributed by atoms with Crippen LogP contribution in [0.1, 0.15) is 22.5 Å². The van der Waals surface area contributed by atoms with Gasteiger partial charge in [0.05, 0.1) is 9.88 Å².